The summed E-state index contributed by atoms with van der Waals surface area (Å²) in [5.41, 5.74) is 3.34. The Bertz CT molecular complexity index is 1110. The third-order valence-corrected chi connectivity index (χ3v) is 4.93. The number of carbonyl (C=O) groups excluding carboxylic acids is 1. The van der Waals surface area contributed by atoms with E-state index in [0.717, 1.165) is 22.5 Å². The number of nitrogens with zero attached hydrogens (tertiary/aromatic N) is 3. The van der Waals surface area contributed by atoms with Gasteiger partial charge >= 0.3 is 0 Å². The maximum atomic E-state index is 12.8. The molecule has 0 bridgehead atoms. The van der Waals surface area contributed by atoms with Crippen molar-refractivity contribution in [3.8, 4) is 22.9 Å². The second kappa shape index (κ2) is 7.75. The number of furan rings is 1. The fourth-order valence-electron chi connectivity index (χ4n) is 3.09. The van der Waals surface area contributed by atoms with Crippen LogP contribution in [0.15, 0.2) is 75.8 Å². The Labute approximate surface area is 168 Å². The number of rotatable bonds is 5. The highest BCUT2D eigenvalue weighted by Crippen LogP contribution is 2.26. The Hall–Kier alpha value is -3.67. The Kier molecular flexibility index (Phi) is 4.99. The van der Waals surface area contributed by atoms with Gasteiger partial charge in [-0.25, -0.2) is 0 Å². The van der Waals surface area contributed by atoms with Crippen molar-refractivity contribution >= 4 is 5.91 Å². The maximum Gasteiger partial charge on any atom is 0.254 e. The lowest BCUT2D eigenvalue weighted by atomic mass is 10.1. The van der Waals surface area contributed by atoms with E-state index in [1.54, 1.807) is 30.3 Å². The highest BCUT2D eigenvalue weighted by molar-refractivity contribution is 5.94. The minimum Gasteiger partial charge on any atom is -0.467 e. The molecule has 4 aromatic rings. The van der Waals surface area contributed by atoms with Gasteiger partial charge in [0.1, 0.15) is 5.76 Å². The minimum atomic E-state index is -0.162. The molecule has 1 atom stereocenters. The first-order valence-corrected chi connectivity index (χ1v) is 9.34. The molecule has 0 aliphatic rings. The molecule has 2 aromatic heterocycles. The van der Waals surface area contributed by atoms with E-state index in [9.17, 15) is 4.79 Å². The number of aromatic nitrogens is 2. The fraction of sp³-hybridized carbons (Fsp3) is 0.174. The molecule has 6 nitrogen and oxygen atoms in total. The molecule has 0 aliphatic carbocycles. The molecule has 29 heavy (non-hydrogen) atoms. The van der Waals surface area contributed by atoms with Crippen molar-refractivity contribution in [2.24, 2.45) is 0 Å². The van der Waals surface area contributed by atoms with Gasteiger partial charge in [-0.3, -0.25) is 4.79 Å². The van der Waals surface area contributed by atoms with Gasteiger partial charge in [0.2, 0.25) is 11.8 Å². The number of amides is 1. The molecule has 6 heteroatoms. The normalized spacial score (nSPS) is 12.0. The van der Waals surface area contributed by atoms with E-state index >= 15 is 0 Å². The molecular weight excluding hydrogens is 366 g/mol. The topological polar surface area (TPSA) is 72.4 Å². The number of benzene rings is 2. The van der Waals surface area contributed by atoms with Gasteiger partial charge < -0.3 is 13.7 Å². The second-order valence-electron chi connectivity index (χ2n) is 6.97. The molecule has 2 aromatic carbocycles. The predicted molar refractivity (Wildman–Crippen MR) is 109 cm³/mol. The minimum absolute atomic E-state index is 0.0913. The van der Waals surface area contributed by atoms with Crippen LogP contribution < -0.4 is 0 Å². The molecule has 0 saturated heterocycles. The summed E-state index contributed by atoms with van der Waals surface area (Å²) in [6.45, 7) is 3.94. The number of hydrogen-bond acceptors (Lipinski definition) is 5. The van der Waals surface area contributed by atoms with Crippen LogP contribution in [0, 0.1) is 6.92 Å². The van der Waals surface area contributed by atoms with Gasteiger partial charge in [-0.15, -0.1) is 10.2 Å². The molecule has 0 radical (unpaired) electrons. The van der Waals surface area contributed by atoms with Crippen molar-refractivity contribution in [1.82, 2.24) is 15.1 Å². The average Bonchev–Trinajstić information content (AvgIpc) is 3.44. The van der Waals surface area contributed by atoms with E-state index in [2.05, 4.69) is 10.2 Å². The molecule has 0 N–H and O–H groups in total. The van der Waals surface area contributed by atoms with E-state index in [-0.39, 0.29) is 11.9 Å². The number of hydrogen-bond donors (Lipinski definition) is 0. The first kappa shape index (κ1) is 18.7. The summed E-state index contributed by atoms with van der Waals surface area (Å²) in [7, 11) is 1.76. The van der Waals surface area contributed by atoms with E-state index in [1.165, 1.54) is 0 Å². The van der Waals surface area contributed by atoms with Gasteiger partial charge in [-0.1, -0.05) is 17.7 Å². The standard InChI is InChI=1S/C23H21N3O3/c1-15-6-4-7-19(14-15)22-25-24-21(29-22)17-9-11-18(12-10-17)23(27)26(3)16(2)20-8-5-13-28-20/h4-14,16H,1-3H3. The monoisotopic (exact) mass is 387 g/mol. The Morgan fingerprint density at radius 2 is 1.69 bits per heavy atom. The third-order valence-electron chi connectivity index (χ3n) is 4.93. The highest BCUT2D eigenvalue weighted by atomic mass is 16.4. The molecule has 0 aliphatic heterocycles. The first-order chi connectivity index (χ1) is 14.0. The zero-order valence-electron chi connectivity index (χ0n) is 16.5. The summed E-state index contributed by atoms with van der Waals surface area (Å²) in [5.74, 6) is 1.53. The van der Waals surface area contributed by atoms with Crippen LogP contribution in [0.5, 0.6) is 0 Å². The lowest BCUT2D eigenvalue weighted by molar-refractivity contribution is 0.0726. The van der Waals surface area contributed by atoms with Gasteiger partial charge in [0.15, 0.2) is 0 Å². The van der Waals surface area contributed by atoms with E-state index in [0.29, 0.717) is 17.3 Å². The molecule has 146 valence electrons. The van der Waals surface area contributed by atoms with Gasteiger partial charge in [-0.2, -0.15) is 0 Å². The van der Waals surface area contributed by atoms with Crippen LogP contribution in [0.25, 0.3) is 22.9 Å². The predicted octanol–water partition coefficient (Wildman–Crippen LogP) is 5.14. The van der Waals surface area contributed by atoms with Crippen molar-refractivity contribution in [2.45, 2.75) is 19.9 Å². The van der Waals surface area contributed by atoms with Crippen LogP contribution in [-0.2, 0) is 0 Å². The van der Waals surface area contributed by atoms with Crippen molar-refractivity contribution in [1.29, 1.82) is 0 Å². The van der Waals surface area contributed by atoms with Crippen LogP contribution in [0.2, 0.25) is 0 Å². The molecule has 0 fully saturated rings. The van der Waals surface area contributed by atoms with E-state index < -0.39 is 0 Å². The van der Waals surface area contributed by atoms with Gasteiger partial charge in [-0.05, 0) is 62.4 Å². The molecule has 0 spiro atoms. The maximum absolute atomic E-state index is 12.8. The summed E-state index contributed by atoms with van der Waals surface area (Å²) in [5, 5.41) is 8.28. The summed E-state index contributed by atoms with van der Waals surface area (Å²) in [6.07, 6.45) is 1.61. The quantitative estimate of drug-likeness (QED) is 0.474. The third kappa shape index (κ3) is 3.82. The largest absolute Gasteiger partial charge is 0.467 e. The second-order valence-corrected chi connectivity index (χ2v) is 6.97. The van der Waals surface area contributed by atoms with Gasteiger partial charge in [0.25, 0.3) is 5.91 Å². The van der Waals surface area contributed by atoms with Gasteiger partial charge in [0, 0.05) is 23.7 Å². The Balaban J connectivity index is 1.51. The van der Waals surface area contributed by atoms with Crippen LogP contribution in [0.1, 0.15) is 34.6 Å². The molecule has 4 rings (SSSR count). The SMILES string of the molecule is Cc1cccc(-c2nnc(-c3ccc(C(=O)N(C)C(C)c4ccco4)cc3)o2)c1. The van der Waals surface area contributed by atoms with E-state index in [1.807, 2.05) is 62.4 Å². The summed E-state index contributed by atoms with van der Waals surface area (Å²) >= 11 is 0. The summed E-state index contributed by atoms with van der Waals surface area (Å²) in [4.78, 5) is 14.4. The Morgan fingerprint density at radius 3 is 2.34 bits per heavy atom. The zero-order chi connectivity index (χ0) is 20.4. The molecule has 1 unspecified atom stereocenters. The van der Waals surface area contributed by atoms with Crippen LogP contribution in [-0.4, -0.2) is 28.1 Å². The van der Waals surface area contributed by atoms with Crippen LogP contribution in [0.4, 0.5) is 0 Å². The van der Waals surface area contributed by atoms with E-state index in [4.69, 9.17) is 8.83 Å². The average molecular weight is 387 g/mol. The lowest BCUT2D eigenvalue weighted by Crippen LogP contribution is -2.29. The Morgan fingerprint density at radius 1 is 0.966 bits per heavy atom. The highest BCUT2D eigenvalue weighted by Gasteiger charge is 2.21. The smallest absolute Gasteiger partial charge is 0.254 e. The van der Waals surface area contributed by atoms with Crippen molar-refractivity contribution in [2.75, 3.05) is 7.05 Å². The summed E-state index contributed by atoms with van der Waals surface area (Å²) < 4.78 is 11.2. The summed E-state index contributed by atoms with van der Waals surface area (Å²) in [6, 6.07) is 18.6. The van der Waals surface area contributed by atoms with Crippen molar-refractivity contribution in [3.63, 3.8) is 0 Å². The fourth-order valence-corrected chi connectivity index (χ4v) is 3.09. The molecule has 2 heterocycles. The molecular formula is C23H21N3O3. The first-order valence-electron chi connectivity index (χ1n) is 9.34. The van der Waals surface area contributed by atoms with Crippen LogP contribution >= 0.6 is 0 Å². The molecule has 0 saturated carbocycles. The van der Waals surface area contributed by atoms with Crippen LogP contribution in [0.3, 0.4) is 0 Å². The van der Waals surface area contributed by atoms with Gasteiger partial charge in [0.05, 0.1) is 12.3 Å². The zero-order valence-corrected chi connectivity index (χ0v) is 16.5. The number of carbonyl (C=O) groups is 1. The number of aryl methyl sites for hydroxylation is 1. The van der Waals surface area contributed by atoms with Crippen molar-refractivity contribution < 1.29 is 13.6 Å². The molecule has 1 amide bonds. The lowest BCUT2D eigenvalue weighted by Gasteiger charge is -2.23. The van der Waals surface area contributed by atoms with Crippen molar-refractivity contribution in [3.05, 3.63) is 83.8 Å².